The molecular weight excluding hydrogens is 400 g/mol. The van der Waals surface area contributed by atoms with E-state index in [0.717, 1.165) is 5.56 Å². The van der Waals surface area contributed by atoms with E-state index in [1.54, 1.807) is 38.1 Å². The van der Waals surface area contributed by atoms with Gasteiger partial charge in [-0.3, -0.25) is 4.79 Å². The molecule has 0 fully saturated rings. The molecule has 166 valence electrons. The highest BCUT2D eigenvalue weighted by atomic mass is 16.5. The first-order chi connectivity index (χ1) is 14.8. The second-order valence-electron chi connectivity index (χ2n) is 7.38. The SMILES string of the molecule is COc1cccc(C[C@@H](NC(=O)[C@H](NC(=O)OCc2ccccc2)C(C)C)C(=O)O)c1. The summed E-state index contributed by atoms with van der Waals surface area (Å²) in [5.74, 6) is -1.46. The van der Waals surface area contributed by atoms with E-state index in [2.05, 4.69) is 10.6 Å². The van der Waals surface area contributed by atoms with E-state index in [-0.39, 0.29) is 18.9 Å². The Morgan fingerprint density at radius 2 is 1.65 bits per heavy atom. The van der Waals surface area contributed by atoms with Gasteiger partial charge in [0.2, 0.25) is 5.91 Å². The van der Waals surface area contributed by atoms with Crippen molar-refractivity contribution < 1.29 is 29.0 Å². The molecule has 2 rings (SSSR count). The summed E-state index contributed by atoms with van der Waals surface area (Å²) in [6, 6.07) is 14.0. The lowest BCUT2D eigenvalue weighted by atomic mass is 10.0. The molecule has 31 heavy (non-hydrogen) atoms. The smallest absolute Gasteiger partial charge is 0.408 e. The Kier molecular flexibility index (Phi) is 8.87. The Hall–Kier alpha value is -3.55. The maximum atomic E-state index is 12.8. The first kappa shape index (κ1) is 23.7. The van der Waals surface area contributed by atoms with Gasteiger partial charge in [-0.05, 0) is 29.2 Å². The Morgan fingerprint density at radius 3 is 2.26 bits per heavy atom. The van der Waals surface area contributed by atoms with Crippen LogP contribution in [0.25, 0.3) is 0 Å². The number of hydrogen-bond donors (Lipinski definition) is 3. The molecule has 0 spiro atoms. The molecule has 2 amide bonds. The molecule has 8 nitrogen and oxygen atoms in total. The average molecular weight is 428 g/mol. The molecule has 0 aromatic heterocycles. The van der Waals surface area contributed by atoms with E-state index >= 15 is 0 Å². The summed E-state index contributed by atoms with van der Waals surface area (Å²) in [6.07, 6.45) is -0.681. The van der Waals surface area contributed by atoms with Crippen LogP contribution in [0.1, 0.15) is 25.0 Å². The number of hydrogen-bond acceptors (Lipinski definition) is 5. The lowest BCUT2D eigenvalue weighted by Crippen LogP contribution is -2.54. The summed E-state index contributed by atoms with van der Waals surface area (Å²) in [4.78, 5) is 36.6. The zero-order chi connectivity index (χ0) is 22.8. The fourth-order valence-electron chi connectivity index (χ4n) is 2.92. The zero-order valence-corrected chi connectivity index (χ0v) is 17.8. The number of methoxy groups -OCH3 is 1. The van der Waals surface area contributed by atoms with Crippen LogP contribution < -0.4 is 15.4 Å². The summed E-state index contributed by atoms with van der Waals surface area (Å²) in [6.45, 7) is 3.56. The first-order valence-electron chi connectivity index (χ1n) is 9.93. The van der Waals surface area contributed by atoms with Crippen molar-refractivity contribution in [1.82, 2.24) is 10.6 Å². The minimum Gasteiger partial charge on any atom is -0.497 e. The molecule has 0 aliphatic rings. The molecule has 0 heterocycles. The number of carbonyl (C=O) groups excluding carboxylic acids is 2. The van der Waals surface area contributed by atoms with Crippen LogP contribution in [0.4, 0.5) is 4.79 Å². The van der Waals surface area contributed by atoms with Crippen LogP contribution in [0.3, 0.4) is 0 Å². The zero-order valence-electron chi connectivity index (χ0n) is 17.8. The number of carbonyl (C=O) groups is 3. The quantitative estimate of drug-likeness (QED) is 0.536. The number of ether oxygens (including phenoxy) is 2. The predicted molar refractivity (Wildman–Crippen MR) is 115 cm³/mol. The summed E-state index contributed by atoms with van der Waals surface area (Å²) in [7, 11) is 1.52. The standard InChI is InChI=1S/C23H28N2O6/c1-15(2)20(25-23(29)31-14-16-8-5-4-6-9-16)21(26)24-19(22(27)28)13-17-10-7-11-18(12-17)30-3/h4-12,15,19-20H,13-14H2,1-3H3,(H,24,26)(H,25,29)(H,27,28)/t19-,20-/m1/s1. The third kappa shape index (κ3) is 7.65. The van der Waals surface area contributed by atoms with Crippen LogP contribution in [0.15, 0.2) is 54.6 Å². The van der Waals surface area contributed by atoms with E-state index in [9.17, 15) is 19.5 Å². The molecule has 0 aliphatic carbocycles. The highest BCUT2D eigenvalue weighted by Crippen LogP contribution is 2.14. The number of nitrogens with one attached hydrogen (secondary N) is 2. The van der Waals surface area contributed by atoms with Gasteiger partial charge in [0.1, 0.15) is 24.4 Å². The third-order valence-electron chi connectivity index (χ3n) is 4.62. The Morgan fingerprint density at radius 1 is 0.968 bits per heavy atom. The molecule has 2 aromatic carbocycles. The number of rotatable bonds is 10. The van der Waals surface area contributed by atoms with Gasteiger partial charge < -0.3 is 25.2 Å². The van der Waals surface area contributed by atoms with Gasteiger partial charge in [0.15, 0.2) is 0 Å². The normalized spacial score (nSPS) is 12.5. The Labute approximate surface area is 181 Å². The van der Waals surface area contributed by atoms with Crippen LogP contribution in [0, 0.1) is 5.92 Å². The third-order valence-corrected chi connectivity index (χ3v) is 4.62. The Balaban J connectivity index is 1.99. The van der Waals surface area contributed by atoms with Gasteiger partial charge in [0.25, 0.3) is 0 Å². The Bertz CT molecular complexity index is 885. The summed E-state index contributed by atoms with van der Waals surface area (Å²) >= 11 is 0. The summed E-state index contributed by atoms with van der Waals surface area (Å²) < 4.78 is 10.3. The fourth-order valence-corrected chi connectivity index (χ4v) is 2.92. The molecule has 0 saturated heterocycles. The molecule has 0 bridgehead atoms. The lowest BCUT2D eigenvalue weighted by molar-refractivity contribution is -0.142. The minimum absolute atomic E-state index is 0.0622. The van der Waals surface area contributed by atoms with Crippen molar-refractivity contribution in [2.45, 2.75) is 39.0 Å². The van der Waals surface area contributed by atoms with Crippen molar-refractivity contribution in [2.24, 2.45) is 5.92 Å². The minimum atomic E-state index is -1.18. The second kappa shape index (κ2) is 11.6. The van der Waals surface area contributed by atoms with Gasteiger partial charge in [-0.1, -0.05) is 56.3 Å². The maximum absolute atomic E-state index is 12.8. The number of carboxylic acid groups (broad SMARTS) is 1. The molecular formula is C23H28N2O6. The number of benzene rings is 2. The number of alkyl carbamates (subject to hydrolysis) is 1. The molecule has 0 radical (unpaired) electrons. The molecule has 3 N–H and O–H groups in total. The molecule has 8 heteroatoms. The van der Waals surface area contributed by atoms with Crippen molar-refractivity contribution in [1.29, 1.82) is 0 Å². The van der Waals surface area contributed by atoms with E-state index in [0.29, 0.717) is 11.3 Å². The van der Waals surface area contributed by atoms with Crippen molar-refractivity contribution in [2.75, 3.05) is 7.11 Å². The van der Waals surface area contributed by atoms with Crippen LogP contribution in [0.2, 0.25) is 0 Å². The molecule has 2 aromatic rings. The number of carboxylic acids is 1. The van der Waals surface area contributed by atoms with E-state index in [4.69, 9.17) is 9.47 Å². The first-order valence-corrected chi connectivity index (χ1v) is 9.93. The molecule has 0 aliphatic heterocycles. The van der Waals surface area contributed by atoms with Gasteiger partial charge in [-0.25, -0.2) is 9.59 Å². The summed E-state index contributed by atoms with van der Waals surface area (Å²) in [5.41, 5.74) is 1.51. The van der Waals surface area contributed by atoms with Gasteiger partial charge in [-0.2, -0.15) is 0 Å². The second-order valence-corrected chi connectivity index (χ2v) is 7.38. The molecule has 0 saturated carbocycles. The fraction of sp³-hybridized carbons (Fsp3) is 0.348. The summed E-state index contributed by atoms with van der Waals surface area (Å²) in [5, 5.41) is 14.6. The topological polar surface area (TPSA) is 114 Å². The van der Waals surface area contributed by atoms with E-state index < -0.39 is 30.1 Å². The highest BCUT2D eigenvalue weighted by Gasteiger charge is 2.29. The van der Waals surface area contributed by atoms with Gasteiger partial charge >= 0.3 is 12.1 Å². The van der Waals surface area contributed by atoms with Crippen molar-refractivity contribution in [3.63, 3.8) is 0 Å². The van der Waals surface area contributed by atoms with Crippen LogP contribution >= 0.6 is 0 Å². The average Bonchev–Trinajstić information content (AvgIpc) is 2.76. The van der Waals surface area contributed by atoms with E-state index in [1.165, 1.54) is 7.11 Å². The predicted octanol–water partition coefficient (Wildman–Crippen LogP) is 2.76. The highest BCUT2D eigenvalue weighted by molar-refractivity contribution is 5.89. The molecule has 0 unspecified atom stereocenters. The largest absolute Gasteiger partial charge is 0.497 e. The number of aliphatic carboxylic acids is 1. The number of amides is 2. The molecule has 2 atom stereocenters. The maximum Gasteiger partial charge on any atom is 0.408 e. The van der Waals surface area contributed by atoms with Gasteiger partial charge in [-0.15, -0.1) is 0 Å². The lowest BCUT2D eigenvalue weighted by Gasteiger charge is -2.24. The van der Waals surface area contributed by atoms with E-state index in [1.807, 2.05) is 30.3 Å². The van der Waals surface area contributed by atoms with Crippen molar-refractivity contribution in [3.8, 4) is 5.75 Å². The van der Waals surface area contributed by atoms with Crippen LogP contribution in [-0.2, 0) is 27.4 Å². The van der Waals surface area contributed by atoms with Crippen molar-refractivity contribution in [3.05, 3.63) is 65.7 Å². The van der Waals surface area contributed by atoms with Crippen LogP contribution in [0.5, 0.6) is 5.75 Å². The monoisotopic (exact) mass is 428 g/mol. The van der Waals surface area contributed by atoms with Crippen LogP contribution in [-0.4, -0.2) is 42.3 Å². The van der Waals surface area contributed by atoms with Gasteiger partial charge in [0, 0.05) is 6.42 Å². The van der Waals surface area contributed by atoms with Crippen molar-refractivity contribution >= 4 is 18.0 Å². The van der Waals surface area contributed by atoms with Gasteiger partial charge in [0.05, 0.1) is 7.11 Å².